The van der Waals surface area contributed by atoms with Crippen molar-refractivity contribution in [2.24, 2.45) is 0 Å². The minimum Gasteiger partial charge on any atom is -0.497 e. The van der Waals surface area contributed by atoms with Crippen LogP contribution in [0.2, 0.25) is 0 Å². The van der Waals surface area contributed by atoms with Crippen LogP contribution in [0, 0.1) is 0 Å². The highest BCUT2D eigenvalue weighted by molar-refractivity contribution is 5.29. The van der Waals surface area contributed by atoms with E-state index in [4.69, 9.17) is 4.74 Å². The van der Waals surface area contributed by atoms with Crippen LogP contribution in [0.4, 0.5) is 0 Å². The van der Waals surface area contributed by atoms with Crippen molar-refractivity contribution in [3.8, 4) is 5.75 Å². The average molecular weight is 190 g/mol. The molecule has 0 atom stereocenters. The van der Waals surface area contributed by atoms with E-state index in [9.17, 15) is 0 Å². The summed E-state index contributed by atoms with van der Waals surface area (Å²) in [5.41, 5.74) is 1.30. The molecule has 1 aromatic rings. The van der Waals surface area contributed by atoms with Gasteiger partial charge in [-0.25, -0.2) is 0 Å². The standard InChI is InChI=1S/C13H18O/c1-3-4-5-6-8-12-9-7-10-13(11-12)14-2/h5-7,9-11H,3-4,8H2,1-2H3. The highest BCUT2D eigenvalue weighted by Crippen LogP contribution is 2.13. The van der Waals surface area contributed by atoms with Crippen LogP contribution >= 0.6 is 0 Å². The average Bonchev–Trinajstić information content (AvgIpc) is 2.25. The van der Waals surface area contributed by atoms with Gasteiger partial charge in [0, 0.05) is 0 Å². The van der Waals surface area contributed by atoms with Gasteiger partial charge in [0.05, 0.1) is 7.11 Å². The largest absolute Gasteiger partial charge is 0.497 e. The van der Waals surface area contributed by atoms with E-state index in [0.717, 1.165) is 12.2 Å². The highest BCUT2D eigenvalue weighted by atomic mass is 16.5. The summed E-state index contributed by atoms with van der Waals surface area (Å²) in [6.07, 6.45) is 7.84. The van der Waals surface area contributed by atoms with Crippen LogP contribution in [0.25, 0.3) is 0 Å². The summed E-state index contributed by atoms with van der Waals surface area (Å²) >= 11 is 0. The van der Waals surface area contributed by atoms with Crippen molar-refractivity contribution in [2.45, 2.75) is 26.2 Å². The molecule has 1 aromatic carbocycles. The van der Waals surface area contributed by atoms with Gasteiger partial charge in [0.2, 0.25) is 0 Å². The summed E-state index contributed by atoms with van der Waals surface area (Å²) in [5, 5.41) is 0. The van der Waals surface area contributed by atoms with Gasteiger partial charge >= 0.3 is 0 Å². The maximum absolute atomic E-state index is 5.16. The first-order chi connectivity index (χ1) is 6.86. The molecule has 0 unspecified atom stereocenters. The van der Waals surface area contributed by atoms with E-state index in [1.807, 2.05) is 12.1 Å². The predicted octanol–water partition coefficient (Wildman–Crippen LogP) is 3.59. The molecule has 0 amide bonds. The molecule has 0 heterocycles. The van der Waals surface area contributed by atoms with Gasteiger partial charge in [0.25, 0.3) is 0 Å². The van der Waals surface area contributed by atoms with Crippen LogP contribution in [-0.2, 0) is 6.42 Å². The summed E-state index contributed by atoms with van der Waals surface area (Å²) in [4.78, 5) is 0. The summed E-state index contributed by atoms with van der Waals surface area (Å²) < 4.78 is 5.16. The minimum absolute atomic E-state index is 0.936. The second kappa shape index (κ2) is 6.25. The van der Waals surface area contributed by atoms with Gasteiger partial charge in [-0.3, -0.25) is 0 Å². The lowest BCUT2D eigenvalue weighted by Crippen LogP contribution is -1.85. The maximum Gasteiger partial charge on any atom is 0.119 e. The molecule has 1 rings (SSSR count). The molecule has 0 aromatic heterocycles. The Bertz CT molecular complexity index is 289. The highest BCUT2D eigenvalue weighted by Gasteiger charge is 1.92. The van der Waals surface area contributed by atoms with Crippen LogP contribution in [0.1, 0.15) is 25.3 Å². The second-order valence-electron chi connectivity index (χ2n) is 3.32. The summed E-state index contributed by atoms with van der Waals surface area (Å²) in [7, 11) is 1.70. The van der Waals surface area contributed by atoms with Crippen molar-refractivity contribution < 1.29 is 4.74 Å². The van der Waals surface area contributed by atoms with Crippen LogP contribution in [0.15, 0.2) is 36.4 Å². The summed E-state index contributed by atoms with van der Waals surface area (Å²) in [6, 6.07) is 8.20. The number of unbranched alkanes of at least 4 members (excludes halogenated alkanes) is 1. The molecule has 0 N–H and O–H groups in total. The molecule has 14 heavy (non-hydrogen) atoms. The Morgan fingerprint density at radius 1 is 1.29 bits per heavy atom. The molecule has 0 saturated carbocycles. The number of allylic oxidation sites excluding steroid dienone is 2. The predicted molar refractivity (Wildman–Crippen MR) is 60.7 cm³/mol. The maximum atomic E-state index is 5.16. The number of ether oxygens (including phenoxy) is 1. The van der Waals surface area contributed by atoms with E-state index in [-0.39, 0.29) is 0 Å². The second-order valence-corrected chi connectivity index (χ2v) is 3.32. The van der Waals surface area contributed by atoms with Crippen LogP contribution in [-0.4, -0.2) is 7.11 Å². The number of benzene rings is 1. The first-order valence-corrected chi connectivity index (χ1v) is 5.14. The van der Waals surface area contributed by atoms with Gasteiger partial charge in [-0.1, -0.05) is 37.6 Å². The van der Waals surface area contributed by atoms with Crippen molar-refractivity contribution in [1.82, 2.24) is 0 Å². The summed E-state index contributed by atoms with van der Waals surface area (Å²) in [5.74, 6) is 0.936. The van der Waals surface area contributed by atoms with Gasteiger partial charge in [-0.2, -0.15) is 0 Å². The van der Waals surface area contributed by atoms with Gasteiger partial charge in [-0.15, -0.1) is 0 Å². The molecule has 1 nitrogen and oxygen atoms in total. The Morgan fingerprint density at radius 2 is 2.14 bits per heavy atom. The Morgan fingerprint density at radius 3 is 2.86 bits per heavy atom. The molecule has 0 spiro atoms. The fraction of sp³-hybridized carbons (Fsp3) is 0.385. The van der Waals surface area contributed by atoms with Gasteiger partial charge in [-0.05, 0) is 30.5 Å². The molecular weight excluding hydrogens is 172 g/mol. The van der Waals surface area contributed by atoms with Crippen molar-refractivity contribution in [3.05, 3.63) is 42.0 Å². The van der Waals surface area contributed by atoms with Crippen LogP contribution in [0.3, 0.4) is 0 Å². The molecule has 0 bridgehead atoms. The lowest BCUT2D eigenvalue weighted by Gasteiger charge is -2.01. The smallest absolute Gasteiger partial charge is 0.119 e. The third-order valence-corrected chi connectivity index (χ3v) is 2.11. The number of hydrogen-bond acceptors (Lipinski definition) is 1. The number of methoxy groups -OCH3 is 1. The van der Waals surface area contributed by atoms with Gasteiger partial charge in [0.15, 0.2) is 0 Å². The molecule has 0 aliphatic heterocycles. The fourth-order valence-electron chi connectivity index (χ4n) is 1.30. The topological polar surface area (TPSA) is 9.23 Å². The van der Waals surface area contributed by atoms with Crippen LogP contribution < -0.4 is 4.74 Å². The Labute approximate surface area is 86.4 Å². The van der Waals surface area contributed by atoms with Crippen molar-refractivity contribution >= 4 is 0 Å². The van der Waals surface area contributed by atoms with Gasteiger partial charge in [0.1, 0.15) is 5.75 Å². The number of hydrogen-bond donors (Lipinski definition) is 0. The zero-order valence-electron chi connectivity index (χ0n) is 8.99. The zero-order chi connectivity index (χ0) is 10.2. The Balaban J connectivity index is 2.50. The van der Waals surface area contributed by atoms with E-state index >= 15 is 0 Å². The van der Waals surface area contributed by atoms with E-state index in [1.54, 1.807) is 7.11 Å². The molecule has 0 aliphatic carbocycles. The molecular formula is C13H18O. The lowest BCUT2D eigenvalue weighted by molar-refractivity contribution is 0.414. The number of rotatable bonds is 5. The molecule has 0 fully saturated rings. The fourth-order valence-corrected chi connectivity index (χ4v) is 1.30. The van der Waals surface area contributed by atoms with E-state index in [0.29, 0.717) is 0 Å². The first-order valence-electron chi connectivity index (χ1n) is 5.14. The summed E-state index contributed by atoms with van der Waals surface area (Å²) in [6.45, 7) is 2.19. The molecule has 0 aliphatic rings. The van der Waals surface area contributed by atoms with E-state index < -0.39 is 0 Å². The Kier molecular flexibility index (Phi) is 4.84. The molecule has 0 saturated heterocycles. The third-order valence-electron chi connectivity index (χ3n) is 2.11. The van der Waals surface area contributed by atoms with Crippen LogP contribution in [0.5, 0.6) is 5.75 Å². The van der Waals surface area contributed by atoms with Crippen molar-refractivity contribution in [2.75, 3.05) is 7.11 Å². The SMILES string of the molecule is CCCC=CCc1cccc(OC)c1. The lowest BCUT2D eigenvalue weighted by atomic mass is 10.1. The third kappa shape index (κ3) is 3.65. The van der Waals surface area contributed by atoms with Crippen molar-refractivity contribution in [3.63, 3.8) is 0 Å². The van der Waals surface area contributed by atoms with Gasteiger partial charge < -0.3 is 4.74 Å². The minimum atomic E-state index is 0.936. The zero-order valence-corrected chi connectivity index (χ0v) is 8.99. The molecule has 0 radical (unpaired) electrons. The van der Waals surface area contributed by atoms with Crippen molar-refractivity contribution in [1.29, 1.82) is 0 Å². The normalized spacial score (nSPS) is 10.7. The molecule has 76 valence electrons. The van der Waals surface area contributed by atoms with E-state index in [1.165, 1.54) is 18.4 Å². The molecule has 1 heteroatoms. The monoisotopic (exact) mass is 190 g/mol. The quantitative estimate of drug-likeness (QED) is 0.645. The first kappa shape index (κ1) is 10.8. The van der Waals surface area contributed by atoms with E-state index in [2.05, 4.69) is 31.2 Å². The Hall–Kier alpha value is -1.24.